The minimum atomic E-state index is -2.51. The van der Waals surface area contributed by atoms with Crippen molar-refractivity contribution in [2.75, 3.05) is 0 Å². The second kappa shape index (κ2) is 2.97. The van der Waals surface area contributed by atoms with E-state index in [0.717, 1.165) is 11.3 Å². The summed E-state index contributed by atoms with van der Waals surface area (Å²) in [4.78, 5) is 4.09. The largest absolute Gasteiger partial charge is 0.289 e. The third-order valence-electron chi connectivity index (χ3n) is 1.13. The molecule has 0 saturated carbocycles. The number of nitrogens with zero attached hydrogens (tertiary/aromatic N) is 1. The van der Waals surface area contributed by atoms with Crippen molar-refractivity contribution >= 4 is 11.3 Å². The van der Waals surface area contributed by atoms with Crippen molar-refractivity contribution in [2.45, 2.75) is 13.3 Å². The molecular weight excluding hydrogens is 168 g/mol. The van der Waals surface area contributed by atoms with Crippen LogP contribution in [0.5, 0.6) is 0 Å². The number of thiazole rings is 1. The number of aryl methyl sites for hydroxylation is 1. The first-order valence-electron chi connectivity index (χ1n) is 2.87. The zero-order chi connectivity index (χ0) is 8.43. The summed E-state index contributed by atoms with van der Waals surface area (Å²) in [6.45, 7) is 1.62. The molecule has 58 valence electrons. The lowest BCUT2D eigenvalue weighted by molar-refractivity contribution is 0.151. The van der Waals surface area contributed by atoms with Gasteiger partial charge in [-0.1, -0.05) is 5.92 Å². The van der Waals surface area contributed by atoms with Crippen LogP contribution in [0, 0.1) is 19.3 Å². The van der Waals surface area contributed by atoms with Gasteiger partial charge in [0.25, 0.3) is 6.43 Å². The Morgan fingerprint density at radius 2 is 2.27 bits per heavy atom. The molecule has 0 bridgehead atoms. The number of hydrogen-bond acceptors (Lipinski definition) is 2. The number of terminal acetylenes is 1. The van der Waals surface area contributed by atoms with Gasteiger partial charge in [0.1, 0.15) is 0 Å². The third kappa shape index (κ3) is 1.55. The number of hydrogen-bond donors (Lipinski definition) is 0. The van der Waals surface area contributed by atoms with E-state index in [0.29, 0.717) is 10.6 Å². The molecule has 0 atom stereocenters. The van der Waals surface area contributed by atoms with Gasteiger partial charge in [-0.05, 0) is 6.92 Å². The summed E-state index contributed by atoms with van der Waals surface area (Å²) in [6, 6.07) is 0. The molecule has 0 aliphatic heterocycles. The summed E-state index contributed by atoms with van der Waals surface area (Å²) >= 11 is 0.870. The van der Waals surface area contributed by atoms with Gasteiger partial charge in [-0.15, -0.1) is 17.8 Å². The van der Waals surface area contributed by atoms with E-state index in [1.807, 2.05) is 0 Å². The van der Waals surface area contributed by atoms with Crippen LogP contribution < -0.4 is 0 Å². The zero-order valence-corrected chi connectivity index (χ0v) is 6.58. The summed E-state index contributed by atoms with van der Waals surface area (Å²) in [7, 11) is 0. The fourth-order valence-electron chi connectivity index (χ4n) is 0.645. The topological polar surface area (TPSA) is 12.9 Å². The molecule has 0 amide bonds. The van der Waals surface area contributed by atoms with E-state index in [1.165, 1.54) is 0 Å². The van der Waals surface area contributed by atoms with Gasteiger partial charge in [0.15, 0.2) is 5.01 Å². The lowest BCUT2D eigenvalue weighted by atomic mass is 10.4. The van der Waals surface area contributed by atoms with E-state index < -0.39 is 6.43 Å². The predicted molar refractivity (Wildman–Crippen MR) is 39.7 cm³/mol. The average Bonchev–Trinajstić information content (AvgIpc) is 2.31. The van der Waals surface area contributed by atoms with E-state index >= 15 is 0 Å². The van der Waals surface area contributed by atoms with Crippen LogP contribution in [0.3, 0.4) is 0 Å². The Morgan fingerprint density at radius 1 is 1.64 bits per heavy atom. The Morgan fingerprint density at radius 3 is 2.55 bits per heavy atom. The van der Waals surface area contributed by atoms with Gasteiger partial charge >= 0.3 is 0 Å². The van der Waals surface area contributed by atoms with Crippen LogP contribution in [-0.4, -0.2) is 4.98 Å². The molecule has 1 aromatic rings. The highest BCUT2D eigenvalue weighted by Crippen LogP contribution is 2.25. The van der Waals surface area contributed by atoms with Crippen molar-refractivity contribution in [1.82, 2.24) is 4.98 Å². The molecule has 0 aromatic carbocycles. The Balaban J connectivity index is 3.07. The van der Waals surface area contributed by atoms with Gasteiger partial charge < -0.3 is 0 Å². The molecule has 0 aliphatic carbocycles. The second-order valence-corrected chi connectivity index (χ2v) is 2.94. The van der Waals surface area contributed by atoms with E-state index in [-0.39, 0.29) is 5.01 Å². The van der Waals surface area contributed by atoms with Gasteiger partial charge in [-0.2, -0.15) is 0 Å². The van der Waals surface area contributed by atoms with E-state index in [2.05, 4.69) is 10.9 Å². The van der Waals surface area contributed by atoms with Crippen molar-refractivity contribution in [3.05, 3.63) is 15.6 Å². The molecule has 1 aromatic heterocycles. The Labute approximate surface area is 67.1 Å². The maximum absolute atomic E-state index is 12.0. The van der Waals surface area contributed by atoms with Crippen molar-refractivity contribution in [2.24, 2.45) is 0 Å². The second-order valence-electron chi connectivity index (χ2n) is 1.91. The van der Waals surface area contributed by atoms with Crippen LogP contribution in [-0.2, 0) is 0 Å². The Kier molecular flexibility index (Phi) is 2.20. The SMILES string of the molecule is C#Cc1sc(C(F)F)nc1C. The fourth-order valence-corrected chi connectivity index (χ4v) is 1.38. The van der Waals surface area contributed by atoms with E-state index in [4.69, 9.17) is 6.42 Å². The maximum Gasteiger partial charge on any atom is 0.289 e. The molecule has 0 radical (unpaired) electrons. The Bertz CT molecular complexity index is 298. The molecule has 0 saturated heterocycles. The molecule has 0 aliphatic rings. The average molecular weight is 173 g/mol. The van der Waals surface area contributed by atoms with Gasteiger partial charge in [-0.25, -0.2) is 13.8 Å². The number of rotatable bonds is 1. The summed E-state index contributed by atoms with van der Waals surface area (Å²) in [5.41, 5.74) is 0.507. The van der Waals surface area contributed by atoms with Gasteiger partial charge in [0, 0.05) is 0 Å². The van der Waals surface area contributed by atoms with E-state index in [1.54, 1.807) is 6.92 Å². The first kappa shape index (κ1) is 8.15. The van der Waals surface area contributed by atoms with E-state index in [9.17, 15) is 8.78 Å². The molecule has 4 heteroatoms. The van der Waals surface area contributed by atoms with Crippen LogP contribution in [0.2, 0.25) is 0 Å². The standard InChI is InChI=1S/C7H5F2NS/c1-3-5-4(2)10-7(11-5)6(8)9/h1,6H,2H3. The number of aromatic nitrogens is 1. The quantitative estimate of drug-likeness (QED) is 0.594. The molecule has 1 heterocycles. The molecule has 11 heavy (non-hydrogen) atoms. The molecule has 1 rings (SSSR count). The van der Waals surface area contributed by atoms with Gasteiger partial charge in [0.2, 0.25) is 0 Å². The predicted octanol–water partition coefficient (Wildman–Crippen LogP) is 2.37. The van der Waals surface area contributed by atoms with Crippen molar-refractivity contribution in [1.29, 1.82) is 0 Å². The highest BCUT2D eigenvalue weighted by Gasteiger charge is 2.13. The summed E-state index contributed by atoms with van der Waals surface area (Å²) in [6.07, 6.45) is 2.53. The van der Waals surface area contributed by atoms with Crippen LogP contribution in [0.4, 0.5) is 8.78 Å². The lowest BCUT2D eigenvalue weighted by Gasteiger charge is -1.86. The van der Waals surface area contributed by atoms with Crippen LogP contribution in [0.1, 0.15) is 22.0 Å². The van der Waals surface area contributed by atoms with Gasteiger partial charge in [0.05, 0.1) is 10.6 Å². The molecule has 0 unspecified atom stereocenters. The normalized spacial score (nSPS) is 10.1. The van der Waals surface area contributed by atoms with Crippen LogP contribution in [0.15, 0.2) is 0 Å². The highest BCUT2D eigenvalue weighted by atomic mass is 32.1. The lowest BCUT2D eigenvalue weighted by Crippen LogP contribution is -1.80. The maximum atomic E-state index is 12.0. The molecule has 0 fully saturated rings. The van der Waals surface area contributed by atoms with Gasteiger partial charge in [-0.3, -0.25) is 0 Å². The van der Waals surface area contributed by atoms with Crippen molar-refractivity contribution in [3.63, 3.8) is 0 Å². The summed E-state index contributed by atoms with van der Waals surface area (Å²) in [5.74, 6) is 2.29. The zero-order valence-electron chi connectivity index (χ0n) is 5.77. The third-order valence-corrected chi connectivity index (χ3v) is 2.23. The Hall–Kier alpha value is -0.950. The monoisotopic (exact) mass is 173 g/mol. The minimum Gasteiger partial charge on any atom is -0.239 e. The van der Waals surface area contributed by atoms with Crippen LogP contribution >= 0.6 is 11.3 Å². The van der Waals surface area contributed by atoms with Crippen molar-refractivity contribution in [3.8, 4) is 12.3 Å². The summed E-state index contributed by atoms with van der Waals surface area (Å²) < 4.78 is 24.0. The van der Waals surface area contributed by atoms with Crippen molar-refractivity contribution < 1.29 is 8.78 Å². The molecule has 1 nitrogen and oxygen atoms in total. The molecular formula is C7H5F2NS. The summed E-state index contributed by atoms with van der Waals surface area (Å²) in [5, 5.41) is -0.199. The fraction of sp³-hybridized carbons (Fsp3) is 0.286. The number of alkyl halides is 2. The highest BCUT2D eigenvalue weighted by molar-refractivity contribution is 7.12. The first-order valence-corrected chi connectivity index (χ1v) is 3.69. The minimum absolute atomic E-state index is 0.199. The van der Waals surface area contributed by atoms with Crippen LogP contribution in [0.25, 0.3) is 0 Å². The first-order chi connectivity index (χ1) is 5.15. The molecule has 0 N–H and O–H groups in total. The molecule has 0 spiro atoms. The smallest absolute Gasteiger partial charge is 0.239 e. The number of halogens is 2.